The first kappa shape index (κ1) is 21.9. The van der Waals surface area contributed by atoms with Gasteiger partial charge in [0, 0.05) is 23.1 Å². The van der Waals surface area contributed by atoms with Gasteiger partial charge in [0.05, 0.1) is 11.4 Å². The summed E-state index contributed by atoms with van der Waals surface area (Å²) in [5, 5.41) is 1.43. The number of hydrogen-bond donors (Lipinski definition) is 0. The molecule has 0 saturated carbocycles. The predicted molar refractivity (Wildman–Crippen MR) is 123 cm³/mol. The largest absolute Gasteiger partial charge is 0.286 e. The molecule has 0 amide bonds. The van der Waals surface area contributed by atoms with Crippen LogP contribution in [0.2, 0.25) is 10.0 Å². The molecular formula is C22H26Cl2N4S. The summed E-state index contributed by atoms with van der Waals surface area (Å²) in [6.07, 6.45) is 4.41. The molecule has 2 aromatic carbocycles. The molecule has 1 aromatic heterocycles. The van der Waals surface area contributed by atoms with Crippen LogP contribution in [0.15, 0.2) is 58.5 Å². The smallest absolute Gasteiger partial charge is 0.222 e. The van der Waals surface area contributed by atoms with Gasteiger partial charge < -0.3 is 0 Å². The first-order valence-electron chi connectivity index (χ1n) is 10.0. The Morgan fingerprint density at radius 3 is 1.83 bits per heavy atom. The minimum Gasteiger partial charge on any atom is -0.286 e. The van der Waals surface area contributed by atoms with Gasteiger partial charge in [0.15, 0.2) is 0 Å². The van der Waals surface area contributed by atoms with Crippen molar-refractivity contribution in [3.63, 3.8) is 0 Å². The Labute approximate surface area is 186 Å². The van der Waals surface area contributed by atoms with Crippen LogP contribution in [0.25, 0.3) is 0 Å². The number of hydrogen-bond acceptors (Lipinski definition) is 3. The van der Waals surface area contributed by atoms with Gasteiger partial charge in [0.2, 0.25) is 10.4 Å². The third kappa shape index (κ3) is 6.08. The lowest BCUT2D eigenvalue weighted by Gasteiger charge is -2.04. The molecule has 0 bridgehead atoms. The number of aryl methyl sites for hydroxylation is 1. The molecule has 0 aliphatic heterocycles. The third-order valence-electron chi connectivity index (χ3n) is 4.44. The van der Waals surface area contributed by atoms with Gasteiger partial charge in [-0.05, 0) is 72.9 Å². The molecule has 0 saturated heterocycles. The van der Waals surface area contributed by atoms with Crippen LogP contribution in [-0.2, 0) is 13.1 Å². The Morgan fingerprint density at radius 2 is 1.28 bits per heavy atom. The van der Waals surface area contributed by atoms with E-state index in [0.717, 1.165) is 60.6 Å². The lowest BCUT2D eigenvalue weighted by molar-refractivity contribution is 0.551. The van der Waals surface area contributed by atoms with Crippen LogP contribution in [0.3, 0.4) is 0 Å². The average Bonchev–Trinajstić information content (AvgIpc) is 3.04. The van der Waals surface area contributed by atoms with E-state index in [-0.39, 0.29) is 0 Å². The molecule has 0 radical (unpaired) electrons. The molecule has 0 fully saturated rings. The van der Waals surface area contributed by atoms with E-state index in [1.807, 2.05) is 48.5 Å². The highest BCUT2D eigenvalue weighted by Gasteiger charge is 2.08. The molecule has 7 heteroatoms. The maximum Gasteiger partial charge on any atom is 0.222 e. The monoisotopic (exact) mass is 448 g/mol. The summed E-state index contributed by atoms with van der Waals surface area (Å²) >= 11 is 13.7. The molecule has 0 aliphatic carbocycles. The van der Waals surface area contributed by atoms with Crippen molar-refractivity contribution in [2.24, 2.45) is 9.98 Å². The van der Waals surface area contributed by atoms with E-state index < -0.39 is 0 Å². The van der Waals surface area contributed by atoms with Crippen molar-refractivity contribution in [3.05, 3.63) is 69.0 Å². The first-order valence-corrected chi connectivity index (χ1v) is 11.5. The maximum atomic E-state index is 6.05. The van der Waals surface area contributed by atoms with Crippen molar-refractivity contribution in [2.75, 3.05) is 0 Å². The van der Waals surface area contributed by atoms with E-state index in [1.54, 1.807) is 11.5 Å². The fraction of sp³-hybridized carbons (Fsp3) is 0.364. The number of benzene rings is 2. The van der Waals surface area contributed by atoms with Gasteiger partial charge >= 0.3 is 0 Å². The van der Waals surface area contributed by atoms with E-state index in [9.17, 15) is 0 Å². The Morgan fingerprint density at radius 1 is 0.759 bits per heavy atom. The topological polar surface area (TPSA) is 34.6 Å². The van der Waals surface area contributed by atoms with Crippen LogP contribution in [0.5, 0.6) is 0 Å². The zero-order valence-corrected chi connectivity index (χ0v) is 19.1. The minimum absolute atomic E-state index is 0.713. The SMILES string of the molecule is CCCCn1sc(=Nc2ccc(Cl)cc2)n(CCCC)c1=Nc1ccc(Cl)cc1. The highest BCUT2D eigenvalue weighted by Crippen LogP contribution is 2.17. The molecule has 0 atom stereocenters. The molecule has 1 heterocycles. The molecule has 0 aliphatic rings. The van der Waals surface area contributed by atoms with Gasteiger partial charge in [-0.1, -0.05) is 49.9 Å². The van der Waals surface area contributed by atoms with E-state index in [0.29, 0.717) is 10.0 Å². The van der Waals surface area contributed by atoms with Crippen LogP contribution in [0.1, 0.15) is 39.5 Å². The summed E-state index contributed by atoms with van der Waals surface area (Å²) < 4.78 is 4.48. The quantitative estimate of drug-likeness (QED) is 0.366. The number of unbranched alkanes of at least 4 members (excludes halogenated alkanes) is 2. The molecule has 29 heavy (non-hydrogen) atoms. The van der Waals surface area contributed by atoms with Crippen molar-refractivity contribution in [2.45, 2.75) is 52.6 Å². The minimum atomic E-state index is 0.713. The molecule has 3 rings (SSSR count). The zero-order valence-electron chi connectivity index (χ0n) is 16.8. The number of halogens is 2. The predicted octanol–water partition coefficient (Wildman–Crippen LogP) is 6.72. The summed E-state index contributed by atoms with van der Waals surface area (Å²) in [5.74, 6) is 0. The Hall–Kier alpha value is -1.82. The second-order valence-electron chi connectivity index (χ2n) is 6.81. The third-order valence-corrected chi connectivity index (χ3v) is 5.99. The van der Waals surface area contributed by atoms with E-state index in [4.69, 9.17) is 33.2 Å². The molecule has 0 N–H and O–H groups in total. The van der Waals surface area contributed by atoms with Crippen molar-refractivity contribution < 1.29 is 0 Å². The van der Waals surface area contributed by atoms with Crippen molar-refractivity contribution in [1.29, 1.82) is 0 Å². The van der Waals surface area contributed by atoms with Gasteiger partial charge in [-0.15, -0.1) is 0 Å². The highest BCUT2D eigenvalue weighted by molar-refractivity contribution is 7.03. The lowest BCUT2D eigenvalue weighted by Crippen LogP contribution is -2.30. The van der Waals surface area contributed by atoms with Gasteiger partial charge in [-0.2, -0.15) is 0 Å². The summed E-state index contributed by atoms with van der Waals surface area (Å²) in [4.78, 5) is 10.8. The second-order valence-corrected chi connectivity index (χ2v) is 8.67. The molecule has 154 valence electrons. The maximum absolute atomic E-state index is 6.05. The van der Waals surface area contributed by atoms with Crippen molar-refractivity contribution >= 4 is 46.1 Å². The van der Waals surface area contributed by atoms with E-state index in [1.165, 1.54) is 0 Å². The summed E-state index contributed by atoms with van der Waals surface area (Å²) in [7, 11) is 0. The number of nitrogens with zero attached hydrogens (tertiary/aromatic N) is 4. The normalized spacial score (nSPS) is 12.7. The summed E-state index contributed by atoms with van der Waals surface area (Å²) in [5.41, 5.74) is 2.72. The van der Waals surface area contributed by atoms with Gasteiger partial charge in [-0.25, -0.2) is 9.98 Å². The zero-order chi connectivity index (χ0) is 20.6. The van der Waals surface area contributed by atoms with Crippen molar-refractivity contribution in [3.8, 4) is 0 Å². The molecule has 4 nitrogen and oxygen atoms in total. The fourth-order valence-electron chi connectivity index (χ4n) is 2.82. The Balaban J connectivity index is 2.18. The first-order chi connectivity index (χ1) is 14.1. The molecule has 0 spiro atoms. The number of aromatic nitrogens is 2. The fourth-order valence-corrected chi connectivity index (χ4v) is 4.13. The van der Waals surface area contributed by atoms with E-state index >= 15 is 0 Å². The van der Waals surface area contributed by atoms with Crippen LogP contribution in [0, 0.1) is 0 Å². The van der Waals surface area contributed by atoms with Gasteiger partial charge in [-0.3, -0.25) is 8.52 Å². The molecule has 0 unspecified atom stereocenters. The summed E-state index contributed by atoms with van der Waals surface area (Å²) in [6, 6.07) is 15.3. The van der Waals surface area contributed by atoms with E-state index in [2.05, 4.69) is 22.4 Å². The Kier molecular flexibility index (Phi) is 8.16. The summed E-state index contributed by atoms with van der Waals surface area (Å²) in [6.45, 7) is 6.21. The van der Waals surface area contributed by atoms with Crippen molar-refractivity contribution in [1.82, 2.24) is 8.52 Å². The van der Waals surface area contributed by atoms with Crippen LogP contribution < -0.4 is 10.4 Å². The van der Waals surface area contributed by atoms with Crippen LogP contribution in [-0.4, -0.2) is 8.52 Å². The van der Waals surface area contributed by atoms with Crippen LogP contribution >= 0.6 is 34.7 Å². The van der Waals surface area contributed by atoms with Crippen LogP contribution in [0.4, 0.5) is 11.4 Å². The standard InChI is InChI=1S/C22H26Cl2N4S/c1-3-5-15-27-21(25-19-11-7-17(23)8-12-19)28(16-6-4-2)29-22(27)26-20-13-9-18(24)10-14-20/h7-14H,3-6,15-16H2,1-2H3. The second kappa shape index (κ2) is 10.8. The molecular weight excluding hydrogens is 423 g/mol. The number of rotatable bonds is 8. The van der Waals surface area contributed by atoms with Gasteiger partial charge in [0.25, 0.3) is 0 Å². The van der Waals surface area contributed by atoms with Gasteiger partial charge in [0.1, 0.15) is 0 Å². The lowest BCUT2D eigenvalue weighted by atomic mass is 10.3. The highest BCUT2D eigenvalue weighted by atomic mass is 35.5. The molecule has 3 aromatic rings. The average molecular weight is 449 g/mol. The Bertz CT molecular complexity index is 1040.